The third-order valence-electron chi connectivity index (χ3n) is 3.00. The fraction of sp³-hybridized carbons (Fsp3) is 0.308. The molecule has 3 heteroatoms. The molecule has 0 saturated heterocycles. The minimum Gasteiger partial charge on any atom is -0.497 e. The van der Waals surface area contributed by atoms with Crippen LogP contribution in [0.4, 0.5) is 0 Å². The summed E-state index contributed by atoms with van der Waals surface area (Å²) < 4.78 is 7.05. The third kappa shape index (κ3) is 1.69. The van der Waals surface area contributed by atoms with Crippen LogP contribution in [0, 0.1) is 13.8 Å². The van der Waals surface area contributed by atoms with Gasteiger partial charge in [-0.25, -0.2) is 0 Å². The fourth-order valence-electron chi connectivity index (χ4n) is 1.74. The lowest BCUT2D eigenvalue weighted by Crippen LogP contribution is -1.92. The average Bonchev–Trinajstić information content (AvgIpc) is 2.57. The smallest absolute Gasteiger partial charge is 0.118 e. The second-order valence-corrected chi connectivity index (χ2v) is 3.91. The number of rotatable bonds is 2. The van der Waals surface area contributed by atoms with Crippen molar-refractivity contribution < 1.29 is 4.74 Å². The summed E-state index contributed by atoms with van der Waals surface area (Å²) in [7, 11) is 3.64. The maximum Gasteiger partial charge on any atom is 0.118 e. The second kappa shape index (κ2) is 4.00. The lowest BCUT2D eigenvalue weighted by atomic mass is 10.1. The molecule has 0 amide bonds. The highest BCUT2D eigenvalue weighted by Gasteiger charge is 2.10. The fourth-order valence-corrected chi connectivity index (χ4v) is 1.74. The quantitative estimate of drug-likeness (QED) is 0.771. The zero-order valence-corrected chi connectivity index (χ0v) is 10.1. The molecule has 0 radical (unpaired) electrons. The van der Waals surface area contributed by atoms with E-state index in [2.05, 4.69) is 18.9 Å². The van der Waals surface area contributed by atoms with Gasteiger partial charge in [0.15, 0.2) is 0 Å². The minimum absolute atomic E-state index is 0.869. The van der Waals surface area contributed by atoms with E-state index in [0.29, 0.717) is 0 Å². The van der Waals surface area contributed by atoms with Crippen molar-refractivity contribution in [3.05, 3.63) is 35.5 Å². The summed E-state index contributed by atoms with van der Waals surface area (Å²) in [6.07, 6.45) is 0. The summed E-state index contributed by atoms with van der Waals surface area (Å²) in [5, 5.41) is 4.51. The van der Waals surface area contributed by atoms with E-state index in [9.17, 15) is 0 Å². The first-order valence-electron chi connectivity index (χ1n) is 5.28. The Hall–Kier alpha value is -1.77. The summed E-state index contributed by atoms with van der Waals surface area (Å²) in [4.78, 5) is 0. The van der Waals surface area contributed by atoms with E-state index < -0.39 is 0 Å². The van der Waals surface area contributed by atoms with Crippen molar-refractivity contribution in [2.24, 2.45) is 7.05 Å². The average molecular weight is 216 g/mol. The highest BCUT2D eigenvalue weighted by atomic mass is 16.5. The van der Waals surface area contributed by atoms with Gasteiger partial charge >= 0.3 is 0 Å². The van der Waals surface area contributed by atoms with Crippen LogP contribution in [0.1, 0.15) is 11.3 Å². The van der Waals surface area contributed by atoms with E-state index >= 15 is 0 Å². The van der Waals surface area contributed by atoms with Crippen molar-refractivity contribution in [2.75, 3.05) is 7.11 Å². The Morgan fingerprint density at radius 3 is 2.19 bits per heavy atom. The Labute approximate surface area is 95.7 Å². The number of ether oxygens (including phenoxy) is 1. The molecule has 0 bridgehead atoms. The molecule has 3 nitrogen and oxygen atoms in total. The van der Waals surface area contributed by atoms with Crippen molar-refractivity contribution >= 4 is 0 Å². The SMILES string of the molecule is COc1ccc(-c2nn(C)c(C)c2C)cc1. The van der Waals surface area contributed by atoms with Crippen LogP contribution in [-0.2, 0) is 7.05 Å². The molecular formula is C13H16N2O. The largest absolute Gasteiger partial charge is 0.497 e. The molecule has 1 aromatic carbocycles. The Bertz CT molecular complexity index is 497. The van der Waals surface area contributed by atoms with Crippen LogP contribution in [-0.4, -0.2) is 16.9 Å². The normalized spacial score (nSPS) is 10.5. The van der Waals surface area contributed by atoms with Crippen LogP contribution in [0.3, 0.4) is 0 Å². The summed E-state index contributed by atoms with van der Waals surface area (Å²) in [5.74, 6) is 0.869. The van der Waals surface area contributed by atoms with E-state index in [1.807, 2.05) is 36.0 Å². The van der Waals surface area contributed by atoms with Crippen molar-refractivity contribution in [1.29, 1.82) is 0 Å². The number of aryl methyl sites for hydroxylation is 1. The maximum absolute atomic E-state index is 5.14. The van der Waals surface area contributed by atoms with Crippen LogP contribution >= 0.6 is 0 Å². The van der Waals surface area contributed by atoms with Crippen molar-refractivity contribution in [3.63, 3.8) is 0 Å². The van der Waals surface area contributed by atoms with Crippen molar-refractivity contribution in [2.45, 2.75) is 13.8 Å². The number of nitrogens with zero attached hydrogens (tertiary/aromatic N) is 2. The standard InChI is InChI=1S/C13H16N2O/c1-9-10(2)15(3)14-13(9)11-5-7-12(16-4)8-6-11/h5-8H,1-4H3. The monoisotopic (exact) mass is 216 g/mol. The number of hydrogen-bond acceptors (Lipinski definition) is 2. The molecule has 0 saturated carbocycles. The third-order valence-corrected chi connectivity index (χ3v) is 3.00. The first-order valence-corrected chi connectivity index (χ1v) is 5.28. The van der Waals surface area contributed by atoms with E-state index in [4.69, 9.17) is 4.74 Å². The number of methoxy groups -OCH3 is 1. The Balaban J connectivity index is 2.46. The highest BCUT2D eigenvalue weighted by molar-refractivity contribution is 5.64. The van der Waals surface area contributed by atoms with Crippen molar-refractivity contribution in [1.82, 2.24) is 9.78 Å². The molecule has 0 spiro atoms. The lowest BCUT2D eigenvalue weighted by molar-refractivity contribution is 0.415. The first-order chi connectivity index (χ1) is 7.63. The summed E-state index contributed by atoms with van der Waals surface area (Å²) in [6, 6.07) is 7.98. The van der Waals surface area contributed by atoms with E-state index in [1.165, 1.54) is 11.3 Å². The number of benzene rings is 1. The van der Waals surface area contributed by atoms with Gasteiger partial charge in [0.05, 0.1) is 12.8 Å². The molecule has 0 aliphatic rings. The molecule has 16 heavy (non-hydrogen) atoms. The molecule has 0 N–H and O–H groups in total. The number of hydrogen-bond donors (Lipinski definition) is 0. The summed E-state index contributed by atoms with van der Waals surface area (Å²) in [6.45, 7) is 4.18. The van der Waals surface area contributed by atoms with Gasteiger partial charge < -0.3 is 4.74 Å². The molecular weight excluding hydrogens is 200 g/mol. The molecule has 0 aliphatic heterocycles. The zero-order valence-electron chi connectivity index (χ0n) is 10.1. The zero-order chi connectivity index (χ0) is 11.7. The van der Waals surface area contributed by atoms with Gasteiger partial charge in [-0.2, -0.15) is 5.10 Å². The van der Waals surface area contributed by atoms with Gasteiger partial charge in [-0.05, 0) is 43.7 Å². The van der Waals surface area contributed by atoms with Gasteiger partial charge in [0.25, 0.3) is 0 Å². The Morgan fingerprint density at radius 1 is 1.12 bits per heavy atom. The molecule has 0 unspecified atom stereocenters. The van der Waals surface area contributed by atoms with Gasteiger partial charge in [0.2, 0.25) is 0 Å². The predicted octanol–water partition coefficient (Wildman–Crippen LogP) is 2.71. The van der Waals surface area contributed by atoms with Gasteiger partial charge in [0.1, 0.15) is 5.75 Å². The Morgan fingerprint density at radius 2 is 1.75 bits per heavy atom. The van der Waals surface area contributed by atoms with Gasteiger partial charge in [-0.15, -0.1) is 0 Å². The molecule has 0 fully saturated rings. The molecule has 2 aromatic rings. The van der Waals surface area contributed by atoms with Crippen LogP contribution in [0.2, 0.25) is 0 Å². The van der Waals surface area contributed by atoms with E-state index in [-0.39, 0.29) is 0 Å². The van der Waals surface area contributed by atoms with Gasteiger partial charge in [-0.1, -0.05) is 0 Å². The second-order valence-electron chi connectivity index (χ2n) is 3.91. The molecule has 1 heterocycles. The molecule has 84 valence electrons. The van der Waals surface area contributed by atoms with Crippen LogP contribution in [0.25, 0.3) is 11.3 Å². The van der Waals surface area contributed by atoms with E-state index in [0.717, 1.165) is 17.0 Å². The van der Waals surface area contributed by atoms with Crippen LogP contribution in [0.5, 0.6) is 5.75 Å². The van der Waals surface area contributed by atoms with Crippen LogP contribution in [0.15, 0.2) is 24.3 Å². The molecule has 1 aromatic heterocycles. The summed E-state index contributed by atoms with van der Waals surface area (Å²) in [5.41, 5.74) is 4.60. The van der Waals surface area contributed by atoms with Gasteiger partial charge in [-0.3, -0.25) is 4.68 Å². The maximum atomic E-state index is 5.14. The Kier molecular flexibility index (Phi) is 2.69. The highest BCUT2D eigenvalue weighted by Crippen LogP contribution is 2.25. The van der Waals surface area contributed by atoms with Gasteiger partial charge in [0, 0.05) is 18.3 Å². The molecule has 2 rings (SSSR count). The van der Waals surface area contributed by atoms with E-state index in [1.54, 1.807) is 7.11 Å². The molecule has 0 atom stereocenters. The topological polar surface area (TPSA) is 27.1 Å². The molecule has 0 aliphatic carbocycles. The summed E-state index contributed by atoms with van der Waals surface area (Å²) >= 11 is 0. The number of aromatic nitrogens is 2. The lowest BCUT2D eigenvalue weighted by Gasteiger charge is -2.01. The van der Waals surface area contributed by atoms with Crippen molar-refractivity contribution in [3.8, 4) is 17.0 Å². The first kappa shape index (κ1) is 10.7. The predicted molar refractivity (Wildman–Crippen MR) is 64.7 cm³/mol. The minimum atomic E-state index is 0.869. The van der Waals surface area contributed by atoms with Crippen LogP contribution < -0.4 is 4.74 Å².